The number of rotatable bonds is 9. The number of unbranched alkanes of at least 4 members (excludes halogenated alkanes) is 5. The lowest BCUT2D eigenvalue weighted by molar-refractivity contribution is 0.567. The first-order chi connectivity index (χ1) is 8.06. The van der Waals surface area contributed by atoms with Gasteiger partial charge in [0.25, 0.3) is 0 Å². The van der Waals surface area contributed by atoms with Crippen molar-refractivity contribution in [2.24, 2.45) is 0 Å². The number of halogens is 6. The molecule has 18 heavy (non-hydrogen) atoms. The van der Waals surface area contributed by atoms with Gasteiger partial charge in [0.1, 0.15) is 0 Å². The van der Waals surface area contributed by atoms with Crippen LogP contribution in [0.2, 0.25) is 4.66 Å². The third kappa shape index (κ3) is 6.30. The van der Waals surface area contributed by atoms with Crippen LogP contribution in [-0.2, 0) is 0 Å². The van der Waals surface area contributed by atoms with Crippen molar-refractivity contribution in [2.45, 2.75) is 63.5 Å². The Balaban J connectivity index is 4.30. The van der Waals surface area contributed by atoms with E-state index in [1.165, 1.54) is 25.7 Å². The Hall–Kier alpha value is 2.17. The van der Waals surface area contributed by atoms with Crippen LogP contribution in [0, 0.1) is 0 Å². The zero-order valence-corrected chi connectivity index (χ0v) is 17.3. The van der Waals surface area contributed by atoms with E-state index in [4.69, 9.17) is 66.5 Å². The van der Waals surface area contributed by atoms with Crippen molar-refractivity contribution in [3.05, 3.63) is 0 Å². The monoisotopic (exact) mass is 406 g/mol. The Kier molecular flexibility index (Phi) is 9.61. The largest absolute Gasteiger partial charge is 0.347 e. The van der Waals surface area contributed by atoms with Gasteiger partial charge in [-0.3, -0.25) is 0 Å². The molecular weight excluding hydrogens is 389 g/mol. The normalized spacial score (nSPS) is 14.0. The Labute approximate surface area is 141 Å². The fraction of sp³-hybridized carbons (Fsp3) is 1.00. The standard InChI is InChI=1S/C10H20Cl6Si2/c1-3-4-5-6-7-8-9-10(2,17(11,12)13)18(14,15)16/h3-9H2,1-2H3. The van der Waals surface area contributed by atoms with Crippen molar-refractivity contribution in [3.63, 3.8) is 0 Å². The fourth-order valence-electron chi connectivity index (χ4n) is 1.70. The van der Waals surface area contributed by atoms with E-state index in [1.807, 2.05) is 6.92 Å². The highest BCUT2D eigenvalue weighted by Gasteiger charge is 2.61. The Morgan fingerprint density at radius 1 is 0.722 bits per heavy atom. The van der Waals surface area contributed by atoms with E-state index < -0.39 is 16.7 Å². The van der Waals surface area contributed by atoms with Gasteiger partial charge in [0.2, 0.25) is 0 Å². The quantitative estimate of drug-likeness (QED) is 0.212. The molecule has 0 radical (unpaired) electrons. The van der Waals surface area contributed by atoms with Crippen molar-refractivity contribution in [1.29, 1.82) is 0 Å². The zero-order chi connectivity index (χ0) is 14.4. The highest BCUT2D eigenvalue weighted by atomic mass is 35.8. The Morgan fingerprint density at radius 3 is 1.50 bits per heavy atom. The van der Waals surface area contributed by atoms with Gasteiger partial charge in [0, 0.05) is 4.66 Å². The van der Waals surface area contributed by atoms with Crippen LogP contribution in [0.1, 0.15) is 58.8 Å². The lowest BCUT2D eigenvalue weighted by Crippen LogP contribution is -2.45. The van der Waals surface area contributed by atoms with Crippen LogP contribution in [0.3, 0.4) is 0 Å². The van der Waals surface area contributed by atoms with Gasteiger partial charge < -0.3 is 0 Å². The molecule has 0 aromatic carbocycles. The van der Waals surface area contributed by atoms with E-state index >= 15 is 0 Å². The lowest BCUT2D eigenvalue weighted by atomic mass is 10.1. The van der Waals surface area contributed by atoms with Crippen LogP contribution < -0.4 is 0 Å². The molecule has 0 rings (SSSR count). The first-order valence-electron chi connectivity index (χ1n) is 6.19. The summed E-state index contributed by atoms with van der Waals surface area (Å²) in [7, 11) is 0. The minimum absolute atomic E-state index is 0.699. The van der Waals surface area contributed by atoms with E-state index in [9.17, 15) is 0 Å². The molecule has 0 amide bonds. The maximum atomic E-state index is 6.14. The van der Waals surface area contributed by atoms with E-state index in [-0.39, 0.29) is 0 Å². The van der Waals surface area contributed by atoms with Gasteiger partial charge in [0.15, 0.2) is 0 Å². The van der Waals surface area contributed by atoms with Crippen molar-refractivity contribution in [3.8, 4) is 0 Å². The summed E-state index contributed by atoms with van der Waals surface area (Å²) >= 11 is 36.8. The molecule has 0 aliphatic rings. The summed E-state index contributed by atoms with van der Waals surface area (Å²) in [6, 6.07) is -6.08. The topological polar surface area (TPSA) is 0 Å². The number of hydrogen-bond acceptors (Lipinski definition) is 0. The van der Waals surface area contributed by atoms with Gasteiger partial charge in [-0.25, -0.2) is 0 Å². The highest BCUT2D eigenvalue weighted by molar-refractivity contribution is 7.76. The second-order valence-corrected chi connectivity index (χ2v) is 23.2. The molecule has 0 aliphatic carbocycles. The van der Waals surface area contributed by atoms with Gasteiger partial charge in [0.05, 0.1) is 0 Å². The molecule has 0 atom stereocenters. The lowest BCUT2D eigenvalue weighted by Gasteiger charge is -2.38. The van der Waals surface area contributed by atoms with Crippen LogP contribution in [0.25, 0.3) is 0 Å². The van der Waals surface area contributed by atoms with Gasteiger partial charge in [-0.15, -0.1) is 66.5 Å². The van der Waals surface area contributed by atoms with Gasteiger partial charge in [-0.1, -0.05) is 52.4 Å². The fourth-order valence-corrected chi connectivity index (χ4v) is 17.2. The summed E-state index contributed by atoms with van der Waals surface area (Å²) in [5.74, 6) is 0. The molecule has 0 heterocycles. The van der Waals surface area contributed by atoms with Crippen LogP contribution in [0.5, 0.6) is 0 Å². The maximum Gasteiger partial charge on any atom is 0.347 e. The molecule has 0 fully saturated rings. The molecule has 0 nitrogen and oxygen atoms in total. The van der Waals surface area contributed by atoms with Gasteiger partial charge in [-0.05, 0) is 6.42 Å². The summed E-state index contributed by atoms with van der Waals surface area (Å²) in [5.41, 5.74) is 0. The zero-order valence-electron chi connectivity index (χ0n) is 10.7. The molecule has 0 aromatic heterocycles. The molecule has 0 aliphatic heterocycles. The van der Waals surface area contributed by atoms with Crippen molar-refractivity contribution < 1.29 is 0 Å². The SMILES string of the molecule is CCCCCCCCC(C)([Si](Cl)(Cl)Cl)[Si](Cl)(Cl)Cl. The minimum atomic E-state index is -3.04. The molecule has 0 N–H and O–H groups in total. The van der Waals surface area contributed by atoms with E-state index in [0.717, 1.165) is 12.8 Å². The summed E-state index contributed by atoms with van der Waals surface area (Å²) in [6.45, 7) is 4.03. The van der Waals surface area contributed by atoms with Gasteiger partial charge in [-0.2, -0.15) is 0 Å². The highest BCUT2D eigenvalue weighted by Crippen LogP contribution is 2.59. The van der Waals surface area contributed by atoms with Crippen molar-refractivity contribution >= 4 is 78.5 Å². The summed E-state index contributed by atoms with van der Waals surface area (Å²) in [4.78, 5) is 0. The minimum Gasteiger partial charge on any atom is -0.126 e. The maximum absolute atomic E-state index is 6.14. The summed E-state index contributed by atoms with van der Waals surface area (Å²) in [6.07, 6.45) is 7.73. The first-order valence-corrected chi connectivity index (χ1v) is 16.3. The molecule has 0 saturated carbocycles. The predicted molar refractivity (Wildman–Crippen MR) is 93.0 cm³/mol. The van der Waals surface area contributed by atoms with Gasteiger partial charge >= 0.3 is 12.0 Å². The molecule has 0 unspecified atom stereocenters. The third-order valence-corrected chi connectivity index (χ3v) is 18.9. The third-order valence-electron chi connectivity index (χ3n) is 3.28. The van der Waals surface area contributed by atoms with E-state index in [0.29, 0.717) is 6.42 Å². The average molecular weight is 409 g/mol. The van der Waals surface area contributed by atoms with Crippen LogP contribution in [-0.4, -0.2) is 12.0 Å². The molecule has 0 aromatic rings. The number of hydrogen-bond donors (Lipinski definition) is 0. The van der Waals surface area contributed by atoms with Crippen LogP contribution in [0.15, 0.2) is 0 Å². The average Bonchev–Trinajstić information content (AvgIpc) is 2.19. The second kappa shape index (κ2) is 8.58. The summed E-state index contributed by atoms with van der Waals surface area (Å²) < 4.78 is -0.708. The first kappa shape index (κ1) is 20.2. The van der Waals surface area contributed by atoms with Crippen LogP contribution in [0.4, 0.5) is 0 Å². The van der Waals surface area contributed by atoms with Crippen molar-refractivity contribution in [2.75, 3.05) is 0 Å². The van der Waals surface area contributed by atoms with Crippen molar-refractivity contribution in [1.82, 2.24) is 0 Å². The van der Waals surface area contributed by atoms with E-state index in [1.54, 1.807) is 0 Å². The van der Waals surface area contributed by atoms with Crippen LogP contribution >= 0.6 is 66.5 Å². The Bertz CT molecular complexity index is 222. The molecule has 0 spiro atoms. The van der Waals surface area contributed by atoms with E-state index in [2.05, 4.69) is 6.92 Å². The molecule has 0 saturated heterocycles. The predicted octanol–water partition coefficient (Wildman–Crippen LogP) is 7.35. The summed E-state index contributed by atoms with van der Waals surface area (Å²) in [5, 5.41) is 0. The molecular formula is C10H20Cl6Si2. The smallest absolute Gasteiger partial charge is 0.126 e. The molecule has 0 bridgehead atoms. The molecule has 8 heteroatoms. The molecule has 110 valence electrons. The second-order valence-electron chi connectivity index (χ2n) is 4.85. The Morgan fingerprint density at radius 2 is 1.11 bits per heavy atom.